The zero-order valence-corrected chi connectivity index (χ0v) is 18.1. The molecule has 6 nitrogen and oxygen atoms in total. The van der Waals surface area contributed by atoms with Crippen molar-refractivity contribution in [2.45, 2.75) is 38.3 Å². The van der Waals surface area contributed by atoms with Gasteiger partial charge in [0.2, 0.25) is 0 Å². The number of hydrogen-bond acceptors (Lipinski definition) is 4. The highest BCUT2D eigenvalue weighted by atomic mass is 35.5. The quantitative estimate of drug-likeness (QED) is 0.733. The van der Waals surface area contributed by atoms with Crippen LogP contribution < -0.4 is 5.32 Å². The van der Waals surface area contributed by atoms with Crippen LogP contribution in [0, 0.1) is 11.7 Å². The predicted molar refractivity (Wildman–Crippen MR) is 115 cm³/mol. The van der Waals surface area contributed by atoms with E-state index in [0.717, 1.165) is 50.2 Å². The van der Waals surface area contributed by atoms with Crippen LogP contribution in [-0.4, -0.2) is 47.4 Å². The molecular weight excluding hydrogens is 421 g/mol. The third-order valence-corrected chi connectivity index (χ3v) is 6.39. The van der Waals surface area contributed by atoms with Crippen molar-refractivity contribution in [3.05, 3.63) is 63.7 Å². The Balaban J connectivity index is 1.41. The van der Waals surface area contributed by atoms with E-state index in [0.29, 0.717) is 24.6 Å². The molecule has 2 aliphatic heterocycles. The Kier molecular flexibility index (Phi) is 7.05. The highest BCUT2D eigenvalue weighted by Crippen LogP contribution is 2.25. The first kappa shape index (κ1) is 22.0. The van der Waals surface area contributed by atoms with Gasteiger partial charge in [0.05, 0.1) is 17.7 Å². The van der Waals surface area contributed by atoms with Gasteiger partial charge in [0.25, 0.3) is 0 Å². The Morgan fingerprint density at radius 2 is 2.13 bits per heavy atom. The fourth-order valence-electron chi connectivity index (χ4n) is 4.22. The number of fused-ring (bicyclic) bond motifs is 1. The largest absolute Gasteiger partial charge is 0.394 e. The number of carbonyl (C=O) groups excluding carboxylic acids is 1. The molecule has 1 atom stereocenters. The summed E-state index contributed by atoms with van der Waals surface area (Å²) in [4.78, 5) is 19.2. The lowest BCUT2D eigenvalue weighted by Gasteiger charge is -2.31. The van der Waals surface area contributed by atoms with Crippen LogP contribution >= 0.6 is 11.6 Å². The van der Waals surface area contributed by atoms with E-state index >= 15 is 0 Å². The molecule has 0 bridgehead atoms. The summed E-state index contributed by atoms with van der Waals surface area (Å²) in [7, 11) is 0. The highest BCUT2D eigenvalue weighted by Gasteiger charge is 2.25. The third-order valence-electron chi connectivity index (χ3n) is 6.10. The number of aromatic nitrogens is 1. The van der Waals surface area contributed by atoms with Gasteiger partial charge in [0.1, 0.15) is 5.82 Å². The normalized spacial score (nSPS) is 17.8. The van der Waals surface area contributed by atoms with Crippen LogP contribution in [0.5, 0.6) is 0 Å². The second kappa shape index (κ2) is 9.94. The standard InChI is InChI=1S/C23H27ClFN3O3/c24-20-11-16(1-2-21(20)25)22(14-29)27-23(30)28-6-3-17-12-26-19(10-18(17)13-28)9-15-4-7-31-8-5-15/h1-2,10-12,15,22,29H,3-9,13-14H2,(H,27,30)/t22-/m1/s1. The third kappa shape index (κ3) is 5.34. The van der Waals surface area contributed by atoms with Gasteiger partial charge >= 0.3 is 6.03 Å². The zero-order chi connectivity index (χ0) is 21.8. The van der Waals surface area contributed by atoms with E-state index in [-0.39, 0.29) is 17.7 Å². The van der Waals surface area contributed by atoms with Crippen molar-refractivity contribution in [1.29, 1.82) is 0 Å². The number of hydrogen-bond donors (Lipinski definition) is 2. The van der Waals surface area contributed by atoms with Crippen molar-refractivity contribution in [2.75, 3.05) is 26.4 Å². The number of pyridine rings is 1. The summed E-state index contributed by atoms with van der Waals surface area (Å²) >= 11 is 5.85. The summed E-state index contributed by atoms with van der Waals surface area (Å²) in [5, 5.41) is 12.5. The number of halogens is 2. The van der Waals surface area contributed by atoms with Crippen molar-refractivity contribution >= 4 is 17.6 Å². The van der Waals surface area contributed by atoms with E-state index in [4.69, 9.17) is 16.3 Å². The van der Waals surface area contributed by atoms with Gasteiger partial charge in [0.15, 0.2) is 0 Å². The van der Waals surface area contributed by atoms with Crippen molar-refractivity contribution < 1.29 is 19.0 Å². The van der Waals surface area contributed by atoms with Crippen molar-refractivity contribution in [3.63, 3.8) is 0 Å². The van der Waals surface area contributed by atoms with Gasteiger partial charge in [-0.2, -0.15) is 0 Å². The van der Waals surface area contributed by atoms with Gasteiger partial charge in [-0.15, -0.1) is 0 Å². The molecular formula is C23H27ClFN3O3. The molecule has 166 valence electrons. The van der Waals surface area contributed by atoms with Crippen LogP contribution in [0.3, 0.4) is 0 Å². The zero-order valence-electron chi connectivity index (χ0n) is 17.3. The minimum absolute atomic E-state index is 0.0401. The van der Waals surface area contributed by atoms with E-state index in [1.165, 1.54) is 23.8 Å². The Labute approximate surface area is 186 Å². The lowest BCUT2D eigenvalue weighted by atomic mass is 9.93. The molecule has 2 amide bonds. The lowest BCUT2D eigenvalue weighted by Crippen LogP contribution is -2.44. The Morgan fingerprint density at radius 1 is 1.32 bits per heavy atom. The number of nitrogens with zero attached hydrogens (tertiary/aromatic N) is 2. The first-order valence-electron chi connectivity index (χ1n) is 10.7. The van der Waals surface area contributed by atoms with Gasteiger partial charge in [-0.3, -0.25) is 4.98 Å². The number of aliphatic hydroxyl groups is 1. The molecule has 0 unspecified atom stereocenters. The molecule has 2 aromatic rings. The van der Waals surface area contributed by atoms with E-state index in [1.807, 2.05) is 6.20 Å². The first-order valence-corrected chi connectivity index (χ1v) is 11.1. The van der Waals surface area contributed by atoms with Crippen molar-refractivity contribution in [2.24, 2.45) is 5.92 Å². The molecule has 1 fully saturated rings. The number of nitrogens with one attached hydrogen (secondary N) is 1. The molecule has 0 radical (unpaired) electrons. The van der Waals surface area contributed by atoms with Gasteiger partial charge in [-0.25, -0.2) is 9.18 Å². The van der Waals surface area contributed by atoms with Gasteiger partial charge in [-0.1, -0.05) is 17.7 Å². The number of urea groups is 1. The average Bonchev–Trinajstić information content (AvgIpc) is 2.79. The minimum Gasteiger partial charge on any atom is -0.394 e. The van der Waals surface area contributed by atoms with E-state index < -0.39 is 11.9 Å². The van der Waals surface area contributed by atoms with Crippen LogP contribution in [0.25, 0.3) is 0 Å². The molecule has 2 N–H and O–H groups in total. The highest BCUT2D eigenvalue weighted by molar-refractivity contribution is 6.30. The maximum Gasteiger partial charge on any atom is 0.318 e. The molecule has 0 spiro atoms. The van der Waals surface area contributed by atoms with E-state index in [2.05, 4.69) is 16.4 Å². The molecule has 31 heavy (non-hydrogen) atoms. The van der Waals surface area contributed by atoms with Crippen molar-refractivity contribution in [3.8, 4) is 0 Å². The van der Waals surface area contributed by atoms with Crippen LogP contribution in [0.4, 0.5) is 9.18 Å². The average molecular weight is 448 g/mol. The molecule has 3 heterocycles. The Hall–Kier alpha value is -2.22. The fourth-order valence-corrected chi connectivity index (χ4v) is 4.41. The lowest BCUT2D eigenvalue weighted by molar-refractivity contribution is 0.0662. The summed E-state index contributed by atoms with van der Waals surface area (Å²) < 4.78 is 18.9. The SMILES string of the molecule is O=C(N[C@H](CO)c1ccc(F)c(Cl)c1)N1CCc2cnc(CC3CCOCC3)cc2C1. The number of carbonyl (C=O) groups is 1. The van der Waals surface area contributed by atoms with Crippen LogP contribution in [0.2, 0.25) is 5.02 Å². The van der Waals surface area contributed by atoms with Crippen LogP contribution in [-0.2, 0) is 24.1 Å². The second-order valence-electron chi connectivity index (χ2n) is 8.23. The maximum atomic E-state index is 13.4. The van der Waals surface area contributed by atoms with Crippen LogP contribution in [0.15, 0.2) is 30.5 Å². The number of amides is 2. The summed E-state index contributed by atoms with van der Waals surface area (Å²) in [5.74, 6) is 0.0568. The number of rotatable bonds is 5. The molecule has 4 rings (SSSR count). The second-order valence-corrected chi connectivity index (χ2v) is 8.64. The molecule has 0 saturated carbocycles. The molecule has 1 aromatic carbocycles. The maximum absolute atomic E-state index is 13.4. The number of aliphatic hydroxyl groups excluding tert-OH is 1. The Morgan fingerprint density at radius 3 is 2.87 bits per heavy atom. The first-order chi connectivity index (χ1) is 15.0. The molecule has 0 aliphatic carbocycles. The molecule has 1 saturated heterocycles. The molecule has 8 heteroatoms. The predicted octanol–water partition coefficient (Wildman–Crippen LogP) is 3.64. The number of ether oxygens (including phenoxy) is 1. The topological polar surface area (TPSA) is 74.7 Å². The van der Waals surface area contributed by atoms with E-state index in [1.54, 1.807) is 4.90 Å². The Bertz CT molecular complexity index is 936. The van der Waals surface area contributed by atoms with Crippen molar-refractivity contribution in [1.82, 2.24) is 15.2 Å². The van der Waals surface area contributed by atoms with Crippen LogP contribution in [0.1, 0.15) is 41.3 Å². The molecule has 2 aliphatic rings. The van der Waals surface area contributed by atoms with Gasteiger partial charge < -0.3 is 20.1 Å². The monoisotopic (exact) mass is 447 g/mol. The smallest absolute Gasteiger partial charge is 0.318 e. The minimum atomic E-state index is -0.659. The fraction of sp³-hybridized carbons (Fsp3) is 0.478. The summed E-state index contributed by atoms with van der Waals surface area (Å²) in [6.45, 7) is 2.38. The van der Waals surface area contributed by atoms with Gasteiger partial charge in [0, 0.05) is 38.2 Å². The summed E-state index contributed by atoms with van der Waals surface area (Å²) in [5.41, 5.74) is 3.90. The van der Waals surface area contributed by atoms with E-state index in [9.17, 15) is 14.3 Å². The number of benzene rings is 1. The molecule has 1 aromatic heterocycles. The van der Waals surface area contributed by atoms with Gasteiger partial charge in [-0.05, 0) is 66.5 Å². The summed E-state index contributed by atoms with van der Waals surface area (Å²) in [6.07, 6.45) is 5.73. The summed E-state index contributed by atoms with van der Waals surface area (Å²) in [6, 6.07) is 5.37.